The number of aromatic nitrogens is 2. The number of hydrogen-bond acceptors (Lipinski definition) is 6. The lowest BCUT2D eigenvalue weighted by molar-refractivity contribution is 0.102. The minimum atomic E-state index is -3.63. The molecule has 3 heterocycles. The summed E-state index contributed by atoms with van der Waals surface area (Å²) in [6.07, 6.45) is 7.55. The van der Waals surface area contributed by atoms with Gasteiger partial charge in [0.15, 0.2) is 0 Å². The monoisotopic (exact) mass is 479 g/mol. The van der Waals surface area contributed by atoms with Gasteiger partial charge in [-0.15, -0.1) is 0 Å². The standard InChI is InChI=1S/C25H29N5O3S/c31-25(23-18-26-20-9-3-4-10-21(20)27-23)28-22-17-19(34(32,33)30-15-7-2-8-16-30)11-12-24(22)29-13-5-1-6-14-29/h3-4,9-12,17-18H,1-2,5-8,13-16H2,(H,28,31). The summed E-state index contributed by atoms with van der Waals surface area (Å²) in [4.78, 5) is 24.4. The Labute approximate surface area is 200 Å². The molecule has 2 fully saturated rings. The van der Waals surface area contributed by atoms with Gasteiger partial charge in [-0.05, 0) is 62.4 Å². The van der Waals surface area contributed by atoms with Crippen molar-refractivity contribution in [2.75, 3.05) is 36.4 Å². The van der Waals surface area contributed by atoms with E-state index in [0.717, 1.165) is 50.9 Å². The van der Waals surface area contributed by atoms with Crippen LogP contribution in [0.4, 0.5) is 11.4 Å². The highest BCUT2D eigenvalue weighted by Gasteiger charge is 2.28. The summed E-state index contributed by atoms with van der Waals surface area (Å²) in [6.45, 7) is 2.81. The quantitative estimate of drug-likeness (QED) is 0.593. The maximum Gasteiger partial charge on any atom is 0.275 e. The number of fused-ring (bicyclic) bond motifs is 1. The fraction of sp³-hybridized carbons (Fsp3) is 0.400. The van der Waals surface area contributed by atoms with E-state index in [0.29, 0.717) is 29.8 Å². The van der Waals surface area contributed by atoms with Crippen molar-refractivity contribution in [3.8, 4) is 0 Å². The average Bonchev–Trinajstić information content (AvgIpc) is 2.89. The molecule has 3 aromatic rings. The summed E-state index contributed by atoms with van der Waals surface area (Å²) < 4.78 is 28.2. The topological polar surface area (TPSA) is 95.5 Å². The van der Waals surface area contributed by atoms with E-state index in [4.69, 9.17) is 0 Å². The molecule has 2 saturated heterocycles. The number of carbonyl (C=O) groups excluding carboxylic acids is 1. The molecule has 2 aromatic carbocycles. The van der Waals surface area contributed by atoms with Crippen LogP contribution >= 0.6 is 0 Å². The summed E-state index contributed by atoms with van der Waals surface area (Å²) >= 11 is 0. The number of benzene rings is 2. The Morgan fingerprint density at radius 3 is 2.26 bits per heavy atom. The van der Waals surface area contributed by atoms with E-state index in [-0.39, 0.29) is 10.6 Å². The Hall–Kier alpha value is -3.04. The third-order valence-corrected chi connectivity index (χ3v) is 8.44. The van der Waals surface area contributed by atoms with Crippen molar-refractivity contribution in [1.29, 1.82) is 0 Å². The van der Waals surface area contributed by atoms with Crippen molar-refractivity contribution in [3.05, 3.63) is 54.4 Å². The van der Waals surface area contributed by atoms with Gasteiger partial charge in [0.25, 0.3) is 5.91 Å². The normalized spacial score (nSPS) is 17.6. The third-order valence-electron chi connectivity index (χ3n) is 6.55. The Balaban J connectivity index is 1.49. The van der Waals surface area contributed by atoms with Crippen LogP contribution < -0.4 is 10.2 Å². The molecule has 0 radical (unpaired) electrons. The highest BCUT2D eigenvalue weighted by Crippen LogP contribution is 2.33. The van der Waals surface area contributed by atoms with Gasteiger partial charge in [-0.1, -0.05) is 18.6 Å². The van der Waals surface area contributed by atoms with Gasteiger partial charge in [0.05, 0.1) is 33.5 Å². The van der Waals surface area contributed by atoms with Crippen LogP contribution in [-0.4, -0.2) is 54.8 Å². The van der Waals surface area contributed by atoms with Gasteiger partial charge in [-0.25, -0.2) is 13.4 Å². The zero-order valence-electron chi connectivity index (χ0n) is 19.1. The Bertz CT molecular complexity index is 1300. The molecule has 178 valence electrons. The molecular formula is C25H29N5O3S. The number of carbonyl (C=O) groups is 1. The number of hydrogen-bond donors (Lipinski definition) is 1. The number of rotatable bonds is 5. The van der Waals surface area contributed by atoms with E-state index in [1.54, 1.807) is 16.4 Å². The summed E-state index contributed by atoms with van der Waals surface area (Å²) in [5, 5.41) is 2.94. The lowest BCUT2D eigenvalue weighted by Gasteiger charge is -2.31. The van der Waals surface area contributed by atoms with Gasteiger partial charge in [-0.3, -0.25) is 9.78 Å². The zero-order valence-corrected chi connectivity index (χ0v) is 19.9. The first-order chi connectivity index (χ1) is 16.5. The van der Waals surface area contributed by atoms with Crippen molar-refractivity contribution in [1.82, 2.24) is 14.3 Å². The van der Waals surface area contributed by atoms with Crippen molar-refractivity contribution in [2.24, 2.45) is 0 Å². The second kappa shape index (κ2) is 9.68. The van der Waals surface area contributed by atoms with Crippen LogP contribution in [0.25, 0.3) is 11.0 Å². The lowest BCUT2D eigenvalue weighted by Crippen LogP contribution is -2.36. The smallest absolute Gasteiger partial charge is 0.275 e. The van der Waals surface area contributed by atoms with Gasteiger partial charge in [0, 0.05) is 26.2 Å². The van der Waals surface area contributed by atoms with Crippen LogP contribution in [0.1, 0.15) is 49.0 Å². The van der Waals surface area contributed by atoms with Gasteiger partial charge in [-0.2, -0.15) is 4.31 Å². The second-order valence-electron chi connectivity index (χ2n) is 8.89. The van der Waals surface area contributed by atoms with E-state index in [2.05, 4.69) is 20.2 Å². The van der Waals surface area contributed by atoms with Crippen LogP contribution in [0.5, 0.6) is 0 Å². The predicted molar refractivity (Wildman–Crippen MR) is 133 cm³/mol. The maximum absolute atomic E-state index is 13.3. The molecule has 0 bridgehead atoms. The highest BCUT2D eigenvalue weighted by molar-refractivity contribution is 7.89. The number of sulfonamides is 1. The molecule has 1 N–H and O–H groups in total. The SMILES string of the molecule is O=C(Nc1cc(S(=O)(=O)N2CCCCC2)ccc1N1CCCCC1)c1cnc2ccccc2n1. The number of amides is 1. The van der Waals surface area contributed by atoms with Crippen LogP contribution in [0, 0.1) is 0 Å². The number of para-hydroxylation sites is 2. The molecule has 0 unspecified atom stereocenters. The van der Waals surface area contributed by atoms with Crippen LogP contribution in [0.3, 0.4) is 0 Å². The first kappa shape index (κ1) is 22.7. The van der Waals surface area contributed by atoms with Crippen LogP contribution in [-0.2, 0) is 10.0 Å². The molecular weight excluding hydrogens is 450 g/mol. The second-order valence-corrected chi connectivity index (χ2v) is 10.8. The Morgan fingerprint density at radius 2 is 1.53 bits per heavy atom. The zero-order chi connectivity index (χ0) is 23.5. The predicted octanol–water partition coefficient (Wildman–Crippen LogP) is 4.05. The maximum atomic E-state index is 13.3. The molecule has 2 aliphatic rings. The van der Waals surface area contributed by atoms with Gasteiger partial charge in [0.2, 0.25) is 10.0 Å². The minimum Gasteiger partial charge on any atom is -0.370 e. The van der Waals surface area contributed by atoms with Gasteiger partial charge in [0.1, 0.15) is 5.69 Å². The Kier molecular flexibility index (Phi) is 6.47. The van der Waals surface area contributed by atoms with Crippen LogP contribution in [0.2, 0.25) is 0 Å². The molecule has 0 spiro atoms. The van der Waals surface area contributed by atoms with E-state index in [9.17, 15) is 13.2 Å². The van der Waals surface area contributed by atoms with Crippen molar-refractivity contribution < 1.29 is 13.2 Å². The molecule has 2 aliphatic heterocycles. The fourth-order valence-electron chi connectivity index (χ4n) is 4.69. The molecule has 5 rings (SSSR count). The minimum absolute atomic E-state index is 0.188. The van der Waals surface area contributed by atoms with Crippen molar-refractivity contribution in [2.45, 2.75) is 43.4 Å². The number of anilines is 2. The molecule has 0 saturated carbocycles. The summed E-state index contributed by atoms with van der Waals surface area (Å²) in [7, 11) is -3.63. The number of piperidine rings is 2. The van der Waals surface area contributed by atoms with Gasteiger partial charge >= 0.3 is 0 Å². The van der Waals surface area contributed by atoms with E-state index in [1.165, 1.54) is 12.6 Å². The average molecular weight is 480 g/mol. The Morgan fingerprint density at radius 1 is 0.853 bits per heavy atom. The third kappa shape index (κ3) is 4.63. The fourth-order valence-corrected chi connectivity index (χ4v) is 6.24. The summed E-state index contributed by atoms with van der Waals surface area (Å²) in [5.41, 5.74) is 2.85. The molecule has 1 aromatic heterocycles. The molecule has 34 heavy (non-hydrogen) atoms. The first-order valence-electron chi connectivity index (χ1n) is 11.9. The molecule has 0 aliphatic carbocycles. The van der Waals surface area contributed by atoms with Crippen LogP contribution in [0.15, 0.2) is 53.6 Å². The van der Waals surface area contributed by atoms with E-state index in [1.807, 2.05) is 30.3 Å². The molecule has 8 nitrogen and oxygen atoms in total. The first-order valence-corrected chi connectivity index (χ1v) is 13.4. The summed E-state index contributed by atoms with van der Waals surface area (Å²) in [6, 6.07) is 12.5. The largest absolute Gasteiger partial charge is 0.370 e. The molecule has 9 heteroatoms. The molecule has 1 amide bonds. The van der Waals surface area contributed by atoms with E-state index >= 15 is 0 Å². The summed E-state index contributed by atoms with van der Waals surface area (Å²) in [5.74, 6) is -0.413. The van der Waals surface area contributed by atoms with Crippen molar-refractivity contribution >= 4 is 38.3 Å². The lowest BCUT2D eigenvalue weighted by atomic mass is 10.1. The van der Waals surface area contributed by atoms with E-state index < -0.39 is 15.9 Å². The van der Waals surface area contributed by atoms with Gasteiger partial charge < -0.3 is 10.2 Å². The molecule has 0 atom stereocenters. The number of nitrogens with zero attached hydrogens (tertiary/aromatic N) is 4. The van der Waals surface area contributed by atoms with Crippen molar-refractivity contribution in [3.63, 3.8) is 0 Å². The number of nitrogens with one attached hydrogen (secondary N) is 1. The highest BCUT2D eigenvalue weighted by atomic mass is 32.2.